The van der Waals surface area contributed by atoms with E-state index in [-0.39, 0.29) is 24.1 Å². The highest BCUT2D eigenvalue weighted by Crippen LogP contribution is 2.37. The molecule has 0 unspecified atom stereocenters. The maximum atomic E-state index is 13.6. The van der Waals surface area contributed by atoms with Gasteiger partial charge in [0.25, 0.3) is 0 Å². The number of alkyl halides is 3. The molecule has 1 saturated carbocycles. The van der Waals surface area contributed by atoms with Gasteiger partial charge in [0.2, 0.25) is 5.91 Å². The highest BCUT2D eigenvalue weighted by atomic mass is 19.4. The number of nitrogens with one attached hydrogen (secondary N) is 2. The highest BCUT2D eigenvalue weighted by molar-refractivity contribution is 6.39. The van der Waals surface area contributed by atoms with Gasteiger partial charge in [0.1, 0.15) is 0 Å². The van der Waals surface area contributed by atoms with Crippen molar-refractivity contribution < 1.29 is 37.1 Å². The Kier molecular flexibility index (Phi) is 7.23. The third kappa shape index (κ3) is 6.12. The van der Waals surface area contributed by atoms with E-state index in [4.69, 9.17) is 0 Å². The monoisotopic (exact) mass is 477 g/mol. The first-order valence-electron chi connectivity index (χ1n) is 10.3. The summed E-state index contributed by atoms with van der Waals surface area (Å²) in [5.74, 6) is -3.40. The second-order valence-corrected chi connectivity index (χ2v) is 7.83. The van der Waals surface area contributed by atoms with Crippen molar-refractivity contribution in [2.24, 2.45) is 5.92 Å². The summed E-state index contributed by atoms with van der Waals surface area (Å²) in [6.07, 6.45) is -3.45. The van der Waals surface area contributed by atoms with E-state index >= 15 is 0 Å². The second kappa shape index (κ2) is 9.94. The molecule has 0 radical (unpaired) electrons. The topological polar surface area (TPSA) is 105 Å². The lowest BCUT2D eigenvalue weighted by atomic mass is 10.1. The van der Waals surface area contributed by atoms with Gasteiger partial charge < -0.3 is 20.3 Å². The lowest BCUT2D eigenvalue weighted by Crippen LogP contribution is -2.37. The zero-order valence-electron chi connectivity index (χ0n) is 18.4. The quantitative estimate of drug-likeness (QED) is 0.490. The molecule has 1 fully saturated rings. The van der Waals surface area contributed by atoms with Gasteiger partial charge in [0, 0.05) is 25.2 Å². The molecule has 180 valence electrons. The number of methoxy groups -OCH3 is 1. The maximum absolute atomic E-state index is 13.6. The Morgan fingerprint density at radius 1 is 1.03 bits per heavy atom. The zero-order chi connectivity index (χ0) is 25.0. The van der Waals surface area contributed by atoms with Crippen LogP contribution in [0.3, 0.4) is 0 Å². The molecule has 0 atom stereocenters. The van der Waals surface area contributed by atoms with Crippen LogP contribution in [0.2, 0.25) is 0 Å². The molecule has 0 spiro atoms. The number of likely N-dealkylation sites (N-methyl/N-ethyl adjacent to an activating group) is 1. The summed E-state index contributed by atoms with van der Waals surface area (Å²) < 4.78 is 45.3. The van der Waals surface area contributed by atoms with Crippen LogP contribution in [0.5, 0.6) is 0 Å². The number of hydrogen-bond acceptors (Lipinski definition) is 5. The van der Waals surface area contributed by atoms with Crippen molar-refractivity contribution in [1.29, 1.82) is 0 Å². The Labute approximate surface area is 193 Å². The minimum atomic E-state index is -4.83. The molecule has 2 aromatic rings. The largest absolute Gasteiger partial charge is 0.465 e. The lowest BCUT2D eigenvalue weighted by Gasteiger charge is -2.19. The molecule has 0 aromatic heterocycles. The predicted octanol–water partition coefficient (Wildman–Crippen LogP) is 3.44. The second-order valence-electron chi connectivity index (χ2n) is 7.83. The van der Waals surface area contributed by atoms with Crippen LogP contribution in [0, 0.1) is 5.92 Å². The van der Waals surface area contributed by atoms with E-state index in [0.717, 1.165) is 11.0 Å². The van der Waals surface area contributed by atoms with Crippen LogP contribution in [0.15, 0.2) is 42.5 Å². The Morgan fingerprint density at radius 2 is 1.68 bits per heavy atom. The van der Waals surface area contributed by atoms with E-state index in [1.807, 2.05) is 5.32 Å². The fraction of sp³-hybridized carbons (Fsp3) is 0.304. The number of esters is 1. The van der Waals surface area contributed by atoms with Gasteiger partial charge in [0.05, 0.1) is 23.9 Å². The van der Waals surface area contributed by atoms with Crippen molar-refractivity contribution >= 4 is 35.1 Å². The molecule has 0 aliphatic heterocycles. The van der Waals surface area contributed by atoms with Crippen molar-refractivity contribution in [2.45, 2.75) is 25.6 Å². The summed E-state index contributed by atoms with van der Waals surface area (Å²) in [6, 6.07) is 9.02. The molecular weight excluding hydrogens is 455 g/mol. The molecule has 11 heteroatoms. The minimum Gasteiger partial charge on any atom is -0.465 e. The first kappa shape index (κ1) is 24.7. The van der Waals surface area contributed by atoms with Crippen LogP contribution >= 0.6 is 0 Å². The summed E-state index contributed by atoms with van der Waals surface area (Å²) in [5.41, 5.74) is -0.965. The summed E-state index contributed by atoms with van der Waals surface area (Å²) in [4.78, 5) is 49.1. The van der Waals surface area contributed by atoms with E-state index in [1.54, 1.807) is 12.1 Å². The van der Waals surface area contributed by atoms with E-state index in [2.05, 4.69) is 10.1 Å². The lowest BCUT2D eigenvalue weighted by molar-refractivity contribution is -0.143. The number of nitrogens with zero attached hydrogens (tertiary/aromatic N) is 1. The van der Waals surface area contributed by atoms with Crippen molar-refractivity contribution in [3.05, 3.63) is 59.2 Å². The summed E-state index contributed by atoms with van der Waals surface area (Å²) in [6.45, 7) is -0.0219. The third-order valence-electron chi connectivity index (χ3n) is 5.12. The van der Waals surface area contributed by atoms with Crippen LogP contribution in [-0.4, -0.2) is 42.7 Å². The summed E-state index contributed by atoms with van der Waals surface area (Å²) >= 11 is 0. The van der Waals surface area contributed by atoms with Gasteiger partial charge >= 0.3 is 24.0 Å². The molecule has 3 rings (SSSR count). The normalized spacial score (nSPS) is 13.1. The highest BCUT2D eigenvalue weighted by Gasteiger charge is 2.36. The van der Waals surface area contributed by atoms with Crippen LogP contribution < -0.4 is 10.6 Å². The van der Waals surface area contributed by atoms with Gasteiger partial charge in [0.15, 0.2) is 0 Å². The van der Waals surface area contributed by atoms with Gasteiger partial charge in [-0.2, -0.15) is 13.2 Å². The SMILES string of the molecule is COC(=O)c1ccc(CN(C)C(=O)C(=O)Nc2ccc(NC(=O)C3CC3)cc2C(F)(F)F)cc1. The molecule has 0 heterocycles. The molecule has 0 saturated heterocycles. The Bertz CT molecular complexity index is 1110. The first-order chi connectivity index (χ1) is 16.0. The summed E-state index contributed by atoms with van der Waals surface area (Å²) in [7, 11) is 2.56. The van der Waals surface area contributed by atoms with Crippen LogP contribution in [-0.2, 0) is 31.8 Å². The number of halogens is 3. The van der Waals surface area contributed by atoms with Crippen LogP contribution in [0.4, 0.5) is 24.5 Å². The molecule has 2 N–H and O–H groups in total. The molecular formula is C23H22F3N3O5. The molecule has 1 aliphatic rings. The molecule has 34 heavy (non-hydrogen) atoms. The number of carbonyl (C=O) groups excluding carboxylic acids is 4. The average molecular weight is 477 g/mol. The first-order valence-corrected chi connectivity index (χ1v) is 10.3. The van der Waals surface area contributed by atoms with Crippen molar-refractivity contribution in [3.8, 4) is 0 Å². The number of rotatable bonds is 6. The van der Waals surface area contributed by atoms with E-state index in [0.29, 0.717) is 30.0 Å². The molecule has 0 bridgehead atoms. The van der Waals surface area contributed by atoms with E-state index < -0.39 is 35.2 Å². The number of benzene rings is 2. The van der Waals surface area contributed by atoms with Gasteiger partial charge in [-0.25, -0.2) is 4.79 Å². The number of ether oxygens (including phenoxy) is 1. The van der Waals surface area contributed by atoms with Crippen molar-refractivity contribution in [1.82, 2.24) is 4.90 Å². The third-order valence-corrected chi connectivity index (χ3v) is 5.12. The standard InChI is InChI=1S/C23H22F3N3O5/c1-29(12-13-3-5-15(6-4-13)22(33)34-2)21(32)20(31)28-18-10-9-16(11-17(18)23(24,25)26)27-19(30)14-7-8-14/h3-6,9-11,14H,7-8,12H2,1-2H3,(H,27,30)(H,28,31). The minimum absolute atomic E-state index is 0.0219. The fourth-order valence-electron chi connectivity index (χ4n) is 3.11. The Hall–Kier alpha value is -3.89. The van der Waals surface area contributed by atoms with Gasteiger partial charge in [-0.1, -0.05) is 12.1 Å². The van der Waals surface area contributed by atoms with Gasteiger partial charge in [-0.05, 0) is 48.7 Å². The number of anilines is 2. The molecule has 8 nitrogen and oxygen atoms in total. The van der Waals surface area contributed by atoms with Gasteiger partial charge in [-0.15, -0.1) is 0 Å². The van der Waals surface area contributed by atoms with Crippen LogP contribution in [0.25, 0.3) is 0 Å². The zero-order valence-corrected chi connectivity index (χ0v) is 18.4. The van der Waals surface area contributed by atoms with Crippen molar-refractivity contribution in [2.75, 3.05) is 24.8 Å². The van der Waals surface area contributed by atoms with Crippen LogP contribution in [0.1, 0.15) is 34.3 Å². The average Bonchev–Trinajstić information content (AvgIpc) is 3.64. The summed E-state index contributed by atoms with van der Waals surface area (Å²) in [5, 5.41) is 4.43. The Balaban J connectivity index is 1.68. The molecule has 2 aromatic carbocycles. The van der Waals surface area contributed by atoms with Crippen molar-refractivity contribution in [3.63, 3.8) is 0 Å². The molecule has 1 aliphatic carbocycles. The van der Waals surface area contributed by atoms with E-state index in [9.17, 15) is 32.3 Å². The fourth-order valence-corrected chi connectivity index (χ4v) is 3.11. The Morgan fingerprint density at radius 3 is 2.24 bits per heavy atom. The number of hydrogen-bond donors (Lipinski definition) is 2. The van der Waals surface area contributed by atoms with Gasteiger partial charge in [-0.3, -0.25) is 14.4 Å². The smallest absolute Gasteiger partial charge is 0.418 e. The maximum Gasteiger partial charge on any atom is 0.418 e. The van der Waals surface area contributed by atoms with E-state index in [1.165, 1.54) is 32.4 Å². The molecule has 3 amide bonds. The number of carbonyl (C=O) groups is 4. The number of amides is 3. The predicted molar refractivity (Wildman–Crippen MR) is 116 cm³/mol.